The molecule has 0 spiro atoms. The topological polar surface area (TPSA) is 64.4 Å². The van der Waals surface area contributed by atoms with Crippen molar-refractivity contribution in [2.24, 2.45) is 23.7 Å². The van der Waals surface area contributed by atoms with Gasteiger partial charge in [0.25, 0.3) is 5.91 Å². The van der Waals surface area contributed by atoms with Crippen LogP contribution in [0.1, 0.15) is 65.0 Å². The zero-order chi connectivity index (χ0) is 20.1. The fraction of sp³-hybridized carbons (Fsp3) is 0.583. The van der Waals surface area contributed by atoms with Gasteiger partial charge in [0.1, 0.15) is 18.1 Å². The van der Waals surface area contributed by atoms with Crippen molar-refractivity contribution < 1.29 is 14.1 Å². The standard InChI is InChI=1S/C24H30N2O3/c1-13-4-5-21(14(2)6-13)28-12-20-15(3)29-26-23(20)24(27)25-22-18-8-16-7-17(10-18)11-19(22)9-16/h4-6,16-19,22H,7-12H2,1-3H3,(H,25,27). The Labute approximate surface area is 172 Å². The van der Waals surface area contributed by atoms with E-state index in [9.17, 15) is 4.79 Å². The number of carbonyl (C=O) groups is 1. The van der Waals surface area contributed by atoms with Gasteiger partial charge in [-0.25, -0.2) is 0 Å². The molecular formula is C24H30N2O3. The number of hydrogen-bond donors (Lipinski definition) is 1. The lowest BCUT2D eigenvalue weighted by molar-refractivity contribution is -0.0120. The maximum Gasteiger partial charge on any atom is 0.274 e. The van der Waals surface area contributed by atoms with Crippen molar-refractivity contribution >= 4 is 5.91 Å². The molecule has 4 aliphatic rings. The summed E-state index contributed by atoms with van der Waals surface area (Å²) in [5, 5.41) is 7.41. The minimum Gasteiger partial charge on any atom is -0.488 e. The third-order valence-electron chi connectivity index (χ3n) is 7.43. The van der Waals surface area contributed by atoms with E-state index in [1.165, 1.54) is 37.7 Å². The number of nitrogens with zero attached hydrogens (tertiary/aromatic N) is 1. The number of hydrogen-bond acceptors (Lipinski definition) is 4. The highest BCUT2D eigenvalue weighted by atomic mass is 16.5. The number of ether oxygens (including phenoxy) is 1. The summed E-state index contributed by atoms with van der Waals surface area (Å²) >= 11 is 0. The lowest BCUT2D eigenvalue weighted by atomic mass is 9.54. The van der Waals surface area contributed by atoms with Crippen LogP contribution in [0.3, 0.4) is 0 Å². The predicted octanol–water partition coefficient (Wildman–Crippen LogP) is 4.73. The van der Waals surface area contributed by atoms with E-state index in [1.807, 2.05) is 26.0 Å². The first-order chi connectivity index (χ1) is 14.0. The molecule has 1 N–H and O–H groups in total. The fourth-order valence-electron chi connectivity index (χ4n) is 6.23. The first-order valence-electron chi connectivity index (χ1n) is 10.9. The lowest BCUT2D eigenvalue weighted by Gasteiger charge is -2.54. The highest BCUT2D eigenvalue weighted by Crippen LogP contribution is 2.53. The van der Waals surface area contributed by atoms with Gasteiger partial charge in [0.15, 0.2) is 5.69 Å². The first kappa shape index (κ1) is 18.7. The minimum atomic E-state index is -0.112. The molecule has 4 fully saturated rings. The molecular weight excluding hydrogens is 364 g/mol. The first-order valence-corrected chi connectivity index (χ1v) is 10.9. The van der Waals surface area contributed by atoms with Crippen molar-refractivity contribution in [2.75, 3.05) is 0 Å². The summed E-state index contributed by atoms with van der Waals surface area (Å²) in [6.07, 6.45) is 6.52. The van der Waals surface area contributed by atoms with Crippen LogP contribution in [0, 0.1) is 44.4 Å². The predicted molar refractivity (Wildman–Crippen MR) is 110 cm³/mol. The van der Waals surface area contributed by atoms with Gasteiger partial charge < -0.3 is 14.6 Å². The Hall–Kier alpha value is -2.30. The third-order valence-corrected chi connectivity index (χ3v) is 7.43. The van der Waals surface area contributed by atoms with Gasteiger partial charge in [0.05, 0.1) is 5.56 Å². The van der Waals surface area contributed by atoms with Crippen molar-refractivity contribution in [3.63, 3.8) is 0 Å². The number of amides is 1. The third kappa shape index (κ3) is 3.45. The average Bonchev–Trinajstić information content (AvgIpc) is 3.04. The molecule has 29 heavy (non-hydrogen) atoms. The molecule has 1 aromatic carbocycles. The van der Waals surface area contributed by atoms with E-state index in [1.54, 1.807) is 0 Å². The number of rotatable bonds is 5. The molecule has 4 bridgehead atoms. The second kappa shape index (κ2) is 7.19. The molecule has 4 aliphatic carbocycles. The second-order valence-corrected chi connectivity index (χ2v) is 9.55. The van der Waals surface area contributed by atoms with Gasteiger partial charge in [0.2, 0.25) is 0 Å². The molecule has 6 rings (SSSR count). The van der Waals surface area contributed by atoms with E-state index >= 15 is 0 Å². The van der Waals surface area contributed by atoms with Crippen LogP contribution >= 0.6 is 0 Å². The van der Waals surface area contributed by atoms with Crippen LogP contribution in [0.15, 0.2) is 22.7 Å². The summed E-state index contributed by atoms with van der Waals surface area (Å²) in [6, 6.07) is 6.39. The smallest absolute Gasteiger partial charge is 0.274 e. The van der Waals surface area contributed by atoms with Gasteiger partial charge >= 0.3 is 0 Å². The minimum absolute atomic E-state index is 0.112. The van der Waals surface area contributed by atoms with Crippen LogP contribution in [-0.4, -0.2) is 17.1 Å². The van der Waals surface area contributed by atoms with Crippen LogP contribution in [0.4, 0.5) is 0 Å². The van der Waals surface area contributed by atoms with Crippen molar-refractivity contribution in [1.82, 2.24) is 10.5 Å². The Bertz CT molecular complexity index is 904. The molecule has 154 valence electrons. The molecule has 5 heteroatoms. The summed E-state index contributed by atoms with van der Waals surface area (Å²) in [6.45, 7) is 6.22. The monoisotopic (exact) mass is 394 g/mol. The van der Waals surface area contributed by atoms with Crippen molar-refractivity contribution in [2.45, 2.75) is 65.5 Å². The van der Waals surface area contributed by atoms with Gasteiger partial charge in [-0.1, -0.05) is 22.9 Å². The lowest BCUT2D eigenvalue weighted by Crippen LogP contribution is -2.55. The zero-order valence-corrected chi connectivity index (χ0v) is 17.5. The van der Waals surface area contributed by atoms with Crippen LogP contribution in [0.2, 0.25) is 0 Å². The molecule has 0 unspecified atom stereocenters. The van der Waals surface area contributed by atoms with Crippen LogP contribution < -0.4 is 10.1 Å². The summed E-state index contributed by atoms with van der Waals surface area (Å²) in [4.78, 5) is 13.1. The quantitative estimate of drug-likeness (QED) is 0.796. The fourth-order valence-corrected chi connectivity index (χ4v) is 6.23. The molecule has 1 heterocycles. The number of nitrogens with one attached hydrogen (secondary N) is 1. The van der Waals surface area contributed by atoms with Gasteiger partial charge in [-0.15, -0.1) is 0 Å². The Morgan fingerprint density at radius 2 is 1.79 bits per heavy atom. The summed E-state index contributed by atoms with van der Waals surface area (Å²) in [7, 11) is 0. The van der Waals surface area contributed by atoms with E-state index in [4.69, 9.17) is 9.26 Å². The van der Waals surface area contributed by atoms with E-state index in [0.29, 0.717) is 29.3 Å². The molecule has 5 nitrogen and oxygen atoms in total. The molecule has 1 aromatic heterocycles. The molecule has 2 aromatic rings. The SMILES string of the molecule is Cc1ccc(OCc2c(C(=O)NC3C4CC5CC(C4)CC3C5)noc2C)c(C)c1. The molecule has 0 radical (unpaired) electrons. The summed E-state index contributed by atoms with van der Waals surface area (Å²) < 4.78 is 11.4. The number of aromatic nitrogens is 1. The highest BCUT2D eigenvalue weighted by molar-refractivity contribution is 5.94. The number of benzene rings is 1. The highest BCUT2D eigenvalue weighted by Gasteiger charge is 2.48. The van der Waals surface area contributed by atoms with Gasteiger partial charge in [-0.3, -0.25) is 4.79 Å². The molecule has 0 aliphatic heterocycles. The van der Waals surface area contributed by atoms with Gasteiger partial charge in [-0.05, 0) is 88.2 Å². The Balaban J connectivity index is 1.29. The largest absolute Gasteiger partial charge is 0.488 e. The molecule has 0 saturated heterocycles. The molecule has 0 atom stereocenters. The maximum atomic E-state index is 13.1. The van der Waals surface area contributed by atoms with Gasteiger partial charge in [-0.2, -0.15) is 0 Å². The Morgan fingerprint density at radius 1 is 1.10 bits per heavy atom. The number of aryl methyl sites for hydroxylation is 3. The van der Waals surface area contributed by atoms with Gasteiger partial charge in [0, 0.05) is 6.04 Å². The van der Waals surface area contributed by atoms with E-state index < -0.39 is 0 Å². The summed E-state index contributed by atoms with van der Waals surface area (Å²) in [5.41, 5.74) is 3.40. The van der Waals surface area contributed by atoms with E-state index in [2.05, 4.69) is 23.5 Å². The normalized spacial score (nSPS) is 29.8. The van der Waals surface area contributed by atoms with Crippen molar-refractivity contribution in [3.05, 3.63) is 46.3 Å². The molecule has 1 amide bonds. The molecule has 4 saturated carbocycles. The second-order valence-electron chi connectivity index (χ2n) is 9.55. The average molecular weight is 395 g/mol. The van der Waals surface area contributed by atoms with Crippen LogP contribution in [0.5, 0.6) is 5.75 Å². The van der Waals surface area contributed by atoms with Crippen LogP contribution in [0.25, 0.3) is 0 Å². The van der Waals surface area contributed by atoms with E-state index in [-0.39, 0.29) is 12.5 Å². The zero-order valence-electron chi connectivity index (χ0n) is 17.5. The Kier molecular flexibility index (Phi) is 4.64. The van der Waals surface area contributed by atoms with Crippen molar-refractivity contribution in [3.8, 4) is 5.75 Å². The van der Waals surface area contributed by atoms with E-state index in [0.717, 1.165) is 28.7 Å². The maximum absolute atomic E-state index is 13.1. The van der Waals surface area contributed by atoms with Crippen LogP contribution in [-0.2, 0) is 6.61 Å². The Morgan fingerprint density at radius 3 is 2.45 bits per heavy atom. The number of carbonyl (C=O) groups excluding carboxylic acids is 1. The van der Waals surface area contributed by atoms with Crippen molar-refractivity contribution in [1.29, 1.82) is 0 Å². The summed E-state index contributed by atoms with van der Waals surface area (Å²) in [5.74, 6) is 4.41.